The fourth-order valence-corrected chi connectivity index (χ4v) is 2.90. The third kappa shape index (κ3) is 5.09. The zero-order valence-electron chi connectivity index (χ0n) is 15.7. The number of amides is 2. The summed E-state index contributed by atoms with van der Waals surface area (Å²) in [5, 5.41) is 5.83. The summed E-state index contributed by atoms with van der Waals surface area (Å²) in [5.41, 5.74) is 2.79. The second-order valence-corrected chi connectivity index (χ2v) is 6.82. The average Bonchev–Trinajstić information content (AvgIpc) is 2.75. The highest BCUT2D eigenvalue weighted by Gasteiger charge is 2.12. The Morgan fingerprint density at radius 1 is 0.793 bits per heavy atom. The topological polar surface area (TPSA) is 75.3 Å². The molecule has 29 heavy (non-hydrogen) atoms. The van der Waals surface area contributed by atoms with Gasteiger partial charge in [0.1, 0.15) is 0 Å². The van der Waals surface area contributed by atoms with Crippen molar-refractivity contribution >= 4 is 34.9 Å². The Morgan fingerprint density at radius 2 is 1.41 bits per heavy atom. The van der Waals surface area contributed by atoms with E-state index in [4.69, 9.17) is 11.6 Å². The van der Waals surface area contributed by atoms with E-state index < -0.39 is 5.91 Å². The van der Waals surface area contributed by atoms with E-state index >= 15 is 0 Å². The molecule has 146 valence electrons. The highest BCUT2D eigenvalue weighted by molar-refractivity contribution is 6.31. The van der Waals surface area contributed by atoms with Gasteiger partial charge in [-0.3, -0.25) is 14.4 Å². The molecule has 0 radical (unpaired) electrons. The maximum atomic E-state index is 12.4. The molecule has 0 aromatic heterocycles. The number of benzene rings is 3. The summed E-state index contributed by atoms with van der Waals surface area (Å²) in [6.07, 6.45) is 0. The van der Waals surface area contributed by atoms with Crippen LogP contribution in [0.2, 0.25) is 5.02 Å². The molecule has 0 heterocycles. The second kappa shape index (κ2) is 9.17. The summed E-state index contributed by atoms with van der Waals surface area (Å²) in [7, 11) is 0. The van der Waals surface area contributed by atoms with Crippen LogP contribution in [0, 0.1) is 6.92 Å². The molecule has 0 fully saturated rings. The van der Waals surface area contributed by atoms with Crippen molar-refractivity contribution in [3.05, 3.63) is 100 Å². The smallest absolute Gasteiger partial charge is 0.251 e. The van der Waals surface area contributed by atoms with Crippen molar-refractivity contribution in [2.24, 2.45) is 0 Å². The summed E-state index contributed by atoms with van der Waals surface area (Å²) in [6, 6.07) is 20.4. The third-order valence-electron chi connectivity index (χ3n) is 4.40. The zero-order valence-corrected chi connectivity index (χ0v) is 16.5. The predicted molar refractivity (Wildman–Crippen MR) is 113 cm³/mol. The lowest BCUT2D eigenvalue weighted by atomic mass is 10.0. The van der Waals surface area contributed by atoms with E-state index in [1.54, 1.807) is 73.7 Å². The molecule has 2 N–H and O–H groups in total. The molecule has 0 aliphatic rings. The number of carbonyl (C=O) groups excluding carboxylic acids is 3. The largest absolute Gasteiger partial charge is 0.343 e. The van der Waals surface area contributed by atoms with E-state index in [-0.39, 0.29) is 18.2 Å². The van der Waals surface area contributed by atoms with Gasteiger partial charge >= 0.3 is 0 Å². The van der Waals surface area contributed by atoms with E-state index in [2.05, 4.69) is 10.6 Å². The van der Waals surface area contributed by atoms with Crippen LogP contribution in [0.1, 0.15) is 31.8 Å². The Balaban J connectivity index is 1.57. The first kappa shape index (κ1) is 20.3. The Kier molecular flexibility index (Phi) is 6.42. The number of hydrogen-bond donors (Lipinski definition) is 2. The third-order valence-corrected chi connectivity index (χ3v) is 4.81. The van der Waals surface area contributed by atoms with Gasteiger partial charge < -0.3 is 10.6 Å². The number of rotatable bonds is 6. The SMILES string of the molecule is Cc1c(Cl)cccc1NC(=O)CNC(=O)c1ccc(C(=O)c2ccccc2)cc1. The molecule has 0 saturated heterocycles. The maximum Gasteiger partial charge on any atom is 0.251 e. The Hall–Kier alpha value is -3.44. The van der Waals surface area contributed by atoms with E-state index in [1.165, 1.54) is 0 Å². The lowest BCUT2D eigenvalue weighted by Crippen LogP contribution is -2.33. The molecule has 0 aliphatic heterocycles. The number of halogens is 1. The lowest BCUT2D eigenvalue weighted by molar-refractivity contribution is -0.115. The standard InChI is InChI=1S/C23H19ClN2O3/c1-15-19(24)8-5-9-20(15)26-21(27)14-25-23(29)18-12-10-17(11-13-18)22(28)16-6-3-2-4-7-16/h2-13H,14H2,1H3,(H,25,29)(H,26,27). The van der Waals surface area contributed by atoms with Crippen molar-refractivity contribution in [2.75, 3.05) is 11.9 Å². The Labute approximate surface area is 173 Å². The molecule has 0 saturated carbocycles. The summed E-state index contributed by atoms with van der Waals surface area (Å²) >= 11 is 6.03. The van der Waals surface area contributed by atoms with Crippen molar-refractivity contribution in [1.82, 2.24) is 5.32 Å². The molecular weight excluding hydrogens is 388 g/mol. The molecule has 0 spiro atoms. The minimum Gasteiger partial charge on any atom is -0.343 e. The molecule has 2 amide bonds. The van der Waals surface area contributed by atoms with Gasteiger partial charge in [-0.25, -0.2) is 0 Å². The normalized spacial score (nSPS) is 10.3. The van der Waals surface area contributed by atoms with Crippen molar-refractivity contribution in [1.29, 1.82) is 0 Å². The molecule has 3 rings (SSSR count). The maximum absolute atomic E-state index is 12.4. The number of anilines is 1. The molecular formula is C23H19ClN2O3. The second-order valence-electron chi connectivity index (χ2n) is 6.42. The van der Waals surface area contributed by atoms with Crippen molar-refractivity contribution in [2.45, 2.75) is 6.92 Å². The van der Waals surface area contributed by atoms with Gasteiger partial charge in [0, 0.05) is 27.4 Å². The van der Waals surface area contributed by atoms with Gasteiger partial charge in [-0.15, -0.1) is 0 Å². The van der Waals surface area contributed by atoms with Crippen LogP contribution in [0.5, 0.6) is 0 Å². The Morgan fingerprint density at radius 3 is 2.10 bits per heavy atom. The van der Waals surface area contributed by atoms with Crippen molar-refractivity contribution < 1.29 is 14.4 Å². The zero-order chi connectivity index (χ0) is 20.8. The van der Waals surface area contributed by atoms with E-state index in [0.717, 1.165) is 5.56 Å². The predicted octanol–water partition coefficient (Wildman–Crippen LogP) is 4.25. The average molecular weight is 407 g/mol. The van der Waals surface area contributed by atoms with Gasteiger partial charge in [0.05, 0.1) is 6.54 Å². The van der Waals surface area contributed by atoms with Gasteiger partial charge in [-0.2, -0.15) is 0 Å². The first-order valence-electron chi connectivity index (χ1n) is 8.98. The first-order chi connectivity index (χ1) is 14.0. The number of hydrogen-bond acceptors (Lipinski definition) is 3. The minimum atomic E-state index is -0.401. The summed E-state index contributed by atoms with van der Waals surface area (Å²) in [6.45, 7) is 1.62. The van der Waals surface area contributed by atoms with Crippen LogP contribution in [0.25, 0.3) is 0 Å². The van der Waals surface area contributed by atoms with Gasteiger partial charge in [0.2, 0.25) is 5.91 Å². The molecule has 5 nitrogen and oxygen atoms in total. The first-order valence-corrected chi connectivity index (χ1v) is 9.36. The fraction of sp³-hybridized carbons (Fsp3) is 0.0870. The minimum absolute atomic E-state index is 0.117. The van der Waals surface area contributed by atoms with Crippen molar-refractivity contribution in [3.8, 4) is 0 Å². The molecule has 0 aliphatic carbocycles. The van der Waals surface area contributed by atoms with Crippen LogP contribution < -0.4 is 10.6 Å². The summed E-state index contributed by atoms with van der Waals surface area (Å²) in [5.74, 6) is -0.880. The van der Waals surface area contributed by atoms with Gasteiger partial charge in [0.15, 0.2) is 5.78 Å². The molecule has 0 bridgehead atoms. The summed E-state index contributed by atoms with van der Waals surface area (Å²) in [4.78, 5) is 36.8. The fourth-order valence-electron chi connectivity index (χ4n) is 2.73. The van der Waals surface area contributed by atoms with E-state index in [9.17, 15) is 14.4 Å². The van der Waals surface area contributed by atoms with Crippen LogP contribution in [0.15, 0.2) is 72.8 Å². The highest BCUT2D eigenvalue weighted by atomic mass is 35.5. The Bertz CT molecular complexity index is 1050. The van der Waals surface area contributed by atoms with Gasteiger partial charge in [0.25, 0.3) is 5.91 Å². The number of carbonyl (C=O) groups is 3. The van der Waals surface area contributed by atoms with Crippen LogP contribution in [-0.2, 0) is 4.79 Å². The van der Waals surface area contributed by atoms with E-state index in [1.807, 2.05) is 6.07 Å². The van der Waals surface area contributed by atoms with Crippen LogP contribution >= 0.6 is 11.6 Å². The molecule has 0 unspecified atom stereocenters. The monoisotopic (exact) mass is 406 g/mol. The molecule has 3 aromatic rings. The van der Waals surface area contributed by atoms with Gasteiger partial charge in [-0.1, -0.05) is 60.1 Å². The highest BCUT2D eigenvalue weighted by Crippen LogP contribution is 2.22. The number of nitrogens with one attached hydrogen (secondary N) is 2. The lowest BCUT2D eigenvalue weighted by Gasteiger charge is -2.10. The van der Waals surface area contributed by atoms with Crippen LogP contribution in [0.4, 0.5) is 5.69 Å². The van der Waals surface area contributed by atoms with Gasteiger partial charge in [-0.05, 0) is 36.8 Å². The van der Waals surface area contributed by atoms with Crippen LogP contribution in [-0.4, -0.2) is 24.1 Å². The number of ketones is 1. The van der Waals surface area contributed by atoms with E-state index in [0.29, 0.717) is 27.4 Å². The van der Waals surface area contributed by atoms with Crippen molar-refractivity contribution in [3.63, 3.8) is 0 Å². The molecule has 6 heteroatoms. The molecule has 0 atom stereocenters. The van der Waals surface area contributed by atoms with Crippen LogP contribution in [0.3, 0.4) is 0 Å². The quantitative estimate of drug-likeness (QED) is 0.601. The molecule has 3 aromatic carbocycles. The summed E-state index contributed by atoms with van der Waals surface area (Å²) < 4.78 is 0.